The number of anilines is 4. The smallest absolute Gasteiger partial charge is 0.410 e. The van der Waals surface area contributed by atoms with Crippen molar-refractivity contribution in [2.24, 2.45) is 5.92 Å². The second-order valence-corrected chi connectivity index (χ2v) is 38.7. The number of fused-ring (bicyclic) bond motifs is 1. The van der Waals surface area contributed by atoms with Crippen molar-refractivity contribution in [3.63, 3.8) is 0 Å². The molecule has 28 nitrogen and oxygen atoms in total. The number of thioether (sulfide) groups is 1. The molecule has 3 aliphatic heterocycles. The summed E-state index contributed by atoms with van der Waals surface area (Å²) in [5.41, 5.74) is 9.98. The molecular weight excluding hydrogens is 1780 g/mol. The number of aromatic nitrogens is 20. The minimum atomic E-state index is -0.485. The van der Waals surface area contributed by atoms with E-state index in [0.717, 1.165) is 177 Å². The van der Waals surface area contributed by atoms with Crippen LogP contribution in [0.25, 0.3) is 16.9 Å². The zero-order chi connectivity index (χ0) is 91.7. The lowest BCUT2D eigenvalue weighted by Crippen LogP contribution is -2.44. The van der Waals surface area contributed by atoms with Crippen molar-refractivity contribution >= 4 is 121 Å². The highest BCUT2D eigenvalue weighted by atomic mass is 32.2. The van der Waals surface area contributed by atoms with E-state index in [1.54, 1.807) is 160 Å². The molecule has 14 aromatic heterocycles. The normalized spacial score (nSPS) is 13.9. The molecule has 35 heteroatoms. The van der Waals surface area contributed by atoms with Gasteiger partial charge in [-0.3, -0.25) is 9.55 Å². The van der Waals surface area contributed by atoms with Crippen molar-refractivity contribution in [2.75, 3.05) is 83.9 Å². The van der Waals surface area contributed by atoms with Crippen molar-refractivity contribution in [2.45, 2.75) is 152 Å². The molecule has 668 valence electrons. The zero-order valence-electron chi connectivity index (χ0n) is 75.1. The van der Waals surface area contributed by atoms with Gasteiger partial charge in [0.2, 0.25) is 29.7 Å². The van der Waals surface area contributed by atoms with E-state index in [9.17, 15) is 4.79 Å². The maximum absolute atomic E-state index is 12.1. The van der Waals surface area contributed by atoms with E-state index < -0.39 is 5.60 Å². The molecule has 0 aromatic carbocycles. The van der Waals surface area contributed by atoms with E-state index >= 15 is 0 Å². The molecule has 1 aliphatic carbocycles. The van der Waals surface area contributed by atoms with Gasteiger partial charge in [0.15, 0.2) is 0 Å². The third-order valence-electron chi connectivity index (χ3n) is 19.6. The quantitative estimate of drug-likeness (QED) is 0.124. The molecule has 18 rings (SSSR count). The Hall–Kier alpha value is -13.1. The number of piperidine rings is 2. The van der Waals surface area contributed by atoms with Gasteiger partial charge < -0.3 is 34.4 Å². The Bertz CT molecular complexity index is 6430. The molecule has 17 heterocycles. The van der Waals surface area contributed by atoms with Gasteiger partial charge in [0.25, 0.3) is 0 Å². The fourth-order valence-electron chi connectivity index (χ4n) is 13.1. The molecule has 4 aliphatic rings. The summed E-state index contributed by atoms with van der Waals surface area (Å²) < 4.78 is 13.2. The largest absolute Gasteiger partial charge is 0.460 e. The fourth-order valence-corrected chi connectivity index (χ4v) is 17.3. The second kappa shape index (κ2) is 48.5. The maximum Gasteiger partial charge on any atom is 0.410 e. The minimum Gasteiger partial charge on any atom is -0.460 e. The number of carbonyl (C=O) groups is 1. The number of nitrogens with one attached hydrogen (secondary N) is 1. The topological polar surface area (TPSA) is 310 Å². The van der Waals surface area contributed by atoms with Crippen molar-refractivity contribution in [1.29, 1.82) is 0 Å². The van der Waals surface area contributed by atoms with Gasteiger partial charge >= 0.3 is 12.1 Å². The van der Waals surface area contributed by atoms with Crippen LogP contribution in [0.4, 0.5) is 28.6 Å². The molecular formula is C96H99N25O3S7. The summed E-state index contributed by atoms with van der Waals surface area (Å²) in [6.07, 6.45) is 35.1. The molecule has 14 aromatic rings. The first-order chi connectivity index (χ1) is 63.6. The highest BCUT2D eigenvalue weighted by Crippen LogP contribution is 2.25. The number of nitrogens with zero attached hydrogens (tertiary/aromatic N) is 24. The van der Waals surface area contributed by atoms with Gasteiger partial charge in [-0.05, 0) is 155 Å². The van der Waals surface area contributed by atoms with E-state index in [1.807, 2.05) is 129 Å². The SMILES string of the molecule is CCN(CC)c1ncc(C#Cc2csc(C)n2)cn1.Cc1nc(C#Cc2cnc(-n3ccc4ccncc43)nc2)cs1.Cc1nc(C#Cc2cnc(N3CCCC(C)C3)nc2)cs1.Cc1nc(C#Cc2cnc(N3CCSCC3)nc2)cs1.Cc1nc(C#Cc2cnc(NC3CCCC3)nc2)cs1.Cc1nc(C#Cc2cnc(OC3CCN(C(=O)OC(C)(C)C)CC3)nc2)cs1. The number of likely N-dealkylation sites (tertiary alicyclic amines) is 1. The Balaban J connectivity index is 0.000000134. The molecule has 0 radical (unpaired) electrons. The van der Waals surface area contributed by atoms with Crippen molar-refractivity contribution < 1.29 is 14.3 Å². The van der Waals surface area contributed by atoms with Crippen LogP contribution in [0.1, 0.15) is 190 Å². The van der Waals surface area contributed by atoms with Gasteiger partial charge in [-0.1, -0.05) is 55.3 Å². The van der Waals surface area contributed by atoms with Crippen LogP contribution in [0.2, 0.25) is 0 Å². The first-order valence-electron chi connectivity index (χ1n) is 42.8. The van der Waals surface area contributed by atoms with Crippen LogP contribution >= 0.6 is 79.8 Å². The fraction of sp³-hybridized carbons (Fsp3) is 0.354. The highest BCUT2D eigenvalue weighted by Gasteiger charge is 2.29. The van der Waals surface area contributed by atoms with Crippen LogP contribution < -0.4 is 24.8 Å². The van der Waals surface area contributed by atoms with Crippen LogP contribution in [0.15, 0.2) is 137 Å². The number of carbonyl (C=O) groups excluding carboxylic acids is 1. The summed E-state index contributed by atoms with van der Waals surface area (Å²) in [6.45, 7) is 31.0. The van der Waals surface area contributed by atoms with Gasteiger partial charge in [0.05, 0.1) is 75.1 Å². The first-order valence-corrected chi connectivity index (χ1v) is 49.3. The van der Waals surface area contributed by atoms with Crippen molar-refractivity contribution in [1.82, 2.24) is 104 Å². The Morgan fingerprint density at radius 2 is 0.840 bits per heavy atom. The van der Waals surface area contributed by atoms with Crippen molar-refractivity contribution in [3.05, 3.63) is 235 Å². The molecule has 1 saturated carbocycles. The number of pyridine rings is 1. The van der Waals surface area contributed by atoms with Gasteiger partial charge in [0, 0.05) is 207 Å². The number of hydrogen-bond acceptors (Lipinski definition) is 33. The molecule has 0 bridgehead atoms. The summed E-state index contributed by atoms with van der Waals surface area (Å²) in [5.74, 6) is 43.0. The number of ether oxygens (including phenoxy) is 2. The van der Waals surface area contributed by atoms with Crippen molar-refractivity contribution in [3.8, 4) is 83.0 Å². The van der Waals surface area contributed by atoms with E-state index in [4.69, 9.17) is 9.47 Å². The lowest BCUT2D eigenvalue weighted by molar-refractivity contribution is 0.0118. The predicted octanol–water partition coefficient (Wildman–Crippen LogP) is 17.0. The lowest BCUT2D eigenvalue weighted by Gasteiger charge is -2.33. The summed E-state index contributed by atoms with van der Waals surface area (Å²) >= 11 is 11.6. The van der Waals surface area contributed by atoms with Crippen LogP contribution in [0.5, 0.6) is 6.01 Å². The van der Waals surface area contributed by atoms with E-state index in [2.05, 4.69) is 207 Å². The summed E-state index contributed by atoms with van der Waals surface area (Å²) in [5, 5.41) is 22.3. The predicted molar refractivity (Wildman–Crippen MR) is 525 cm³/mol. The minimum absolute atomic E-state index is 0.0198. The van der Waals surface area contributed by atoms with Gasteiger partial charge in [-0.25, -0.2) is 94.5 Å². The average molecular weight is 1880 g/mol. The summed E-state index contributed by atoms with van der Waals surface area (Å²) in [6, 6.07) is 4.83. The summed E-state index contributed by atoms with van der Waals surface area (Å²) in [7, 11) is 0. The van der Waals surface area contributed by atoms with Gasteiger partial charge in [-0.2, -0.15) is 11.8 Å². The van der Waals surface area contributed by atoms with Gasteiger partial charge in [-0.15, -0.1) is 68.0 Å². The first kappa shape index (κ1) is 95.5. The molecule has 0 spiro atoms. The highest BCUT2D eigenvalue weighted by molar-refractivity contribution is 7.99. The molecule has 1 unspecified atom stereocenters. The maximum atomic E-state index is 12.1. The molecule has 1 N–H and O–H groups in total. The molecule has 131 heavy (non-hydrogen) atoms. The Labute approximate surface area is 792 Å². The Morgan fingerprint density at radius 1 is 0.450 bits per heavy atom. The van der Waals surface area contributed by atoms with E-state index in [1.165, 1.54) is 38.5 Å². The number of thiazole rings is 6. The van der Waals surface area contributed by atoms with Crippen LogP contribution in [0.3, 0.4) is 0 Å². The average Bonchev–Trinajstić information content (AvgIpc) is 1.66. The van der Waals surface area contributed by atoms with E-state index in [0.29, 0.717) is 55.4 Å². The standard InChI is InChI=1S/C20H24N4O3S.C17H11N5S.C16H18N4S.C15H16N4S.C14H14N4S2.C14H16N4S/c1-14-23-16(13-28-14)6-5-15-11-21-18(22-12-15)26-17-7-9-24(10-8-17)19(25)27-20(2,3)4;1-12-21-15(11-23-12)3-2-13-8-19-17(20-9-13)22-7-5-14-4-6-18-10-16(14)22;1-12-4-3-7-20(10-12)16-17-8-14(9-18-16)5-6-15-11-21-13(2)19-15;1-11-18-14(10-20-11)7-6-12-8-16-15(17-9-12)19-13-4-2-3-5-13;1-11-17-13(10-20-11)3-2-12-8-15-14(16-9-12)18-4-6-19-7-5-18;1-4-18(5-2)14-15-8-12(9-16-14)6-7-13-10-19-11(3)17-13/h11-13,17H,7-10H2,1-4H3;4-11H,1H3;8-9,11-12H,3-4,7,10H2,1-2H3;8-10,13H,2-5H2,1H3,(H,16,17,19);8-10H,4-7H2,1H3;8-10H,4-5H2,1-3H3. The second-order valence-electron chi connectivity index (χ2n) is 31.1. The molecule has 4 fully saturated rings. The lowest BCUT2D eigenvalue weighted by atomic mass is 10.0. The van der Waals surface area contributed by atoms with Crippen LogP contribution in [-0.2, 0) is 4.74 Å². The van der Waals surface area contributed by atoms with Crippen LogP contribution in [-0.4, -0.2) is 192 Å². The molecule has 1 amide bonds. The number of hydrogen-bond donors (Lipinski definition) is 1. The number of aryl methyl sites for hydroxylation is 6. The number of rotatable bonds is 10. The monoisotopic (exact) mass is 1870 g/mol. The number of amides is 1. The Morgan fingerprint density at radius 3 is 1.23 bits per heavy atom. The Kier molecular flexibility index (Phi) is 35.4. The van der Waals surface area contributed by atoms with E-state index in [-0.39, 0.29) is 12.2 Å². The third kappa shape index (κ3) is 31.1. The third-order valence-corrected chi connectivity index (χ3v) is 25.2. The van der Waals surface area contributed by atoms with Crippen LogP contribution in [0, 0.1) is 119 Å². The zero-order valence-corrected chi connectivity index (χ0v) is 80.8. The molecule has 1 atom stereocenters. The summed E-state index contributed by atoms with van der Waals surface area (Å²) in [4.78, 5) is 103. The molecule has 3 saturated heterocycles. The van der Waals surface area contributed by atoms with Gasteiger partial charge in [0.1, 0.15) is 45.9 Å².